The summed E-state index contributed by atoms with van der Waals surface area (Å²) >= 11 is 5.95. The fourth-order valence-corrected chi connectivity index (χ4v) is 3.88. The van der Waals surface area contributed by atoms with E-state index >= 15 is 0 Å². The van der Waals surface area contributed by atoms with Crippen molar-refractivity contribution in [3.63, 3.8) is 0 Å². The molecule has 154 valence electrons. The Balaban J connectivity index is 1.72. The van der Waals surface area contributed by atoms with E-state index in [0.29, 0.717) is 33.3 Å². The summed E-state index contributed by atoms with van der Waals surface area (Å²) in [5.41, 5.74) is 1.36. The largest absolute Gasteiger partial charge is 0.507 e. The van der Waals surface area contributed by atoms with E-state index in [9.17, 15) is 14.7 Å². The predicted octanol–water partition coefficient (Wildman–Crippen LogP) is 4.09. The molecule has 0 saturated carbocycles. The average molecular weight is 435 g/mol. The number of nitrogens with zero attached hydrogens (tertiary/aromatic N) is 2. The van der Waals surface area contributed by atoms with Gasteiger partial charge in [-0.15, -0.1) is 0 Å². The van der Waals surface area contributed by atoms with E-state index in [1.807, 2.05) is 0 Å². The number of benzene rings is 2. The van der Waals surface area contributed by atoms with Crippen LogP contribution < -0.4 is 14.4 Å². The maximum absolute atomic E-state index is 13.1. The zero-order valence-electron chi connectivity index (χ0n) is 16.0. The molecule has 0 bridgehead atoms. The zero-order valence-corrected chi connectivity index (χ0v) is 16.7. The molecular formula is C23H15ClN2O5. The van der Waals surface area contributed by atoms with Gasteiger partial charge >= 0.3 is 0 Å². The van der Waals surface area contributed by atoms with E-state index in [1.165, 1.54) is 11.1 Å². The maximum Gasteiger partial charge on any atom is 0.300 e. The molecular weight excluding hydrogens is 420 g/mol. The number of carbonyl (C=O) groups excluding carboxylic acids is 2. The highest BCUT2D eigenvalue weighted by molar-refractivity contribution is 6.51. The summed E-state index contributed by atoms with van der Waals surface area (Å²) in [6.45, 7) is 0.0896. The van der Waals surface area contributed by atoms with Gasteiger partial charge in [0, 0.05) is 16.8 Å². The molecule has 31 heavy (non-hydrogen) atoms. The standard InChI is InChI=1S/C23H15ClN2O5/c24-15-6-3-13(4-7-15)21(27)19-20(14-5-8-17-18(10-14)31-12-30-17)26(23(29)22(19)28)16-2-1-9-25-11-16/h1-11,20,27H,12H2/t20-/m0/s1. The number of pyridine rings is 1. The summed E-state index contributed by atoms with van der Waals surface area (Å²) in [6, 6.07) is 14.0. The number of hydrogen-bond acceptors (Lipinski definition) is 6. The fourth-order valence-electron chi connectivity index (χ4n) is 3.76. The molecule has 1 N–H and O–H groups in total. The Kier molecular flexibility index (Phi) is 4.60. The van der Waals surface area contributed by atoms with Gasteiger partial charge in [-0.25, -0.2) is 0 Å². The maximum atomic E-state index is 13.1. The van der Waals surface area contributed by atoms with Crippen LogP contribution in [0.5, 0.6) is 11.5 Å². The minimum atomic E-state index is -0.880. The SMILES string of the molecule is O=C1C(=O)N(c2cccnc2)[C@@H](c2ccc3c(c2)OCO3)C1=C(O)c1ccc(Cl)cc1. The summed E-state index contributed by atoms with van der Waals surface area (Å²) in [5, 5.41) is 11.5. The molecule has 2 aromatic carbocycles. The van der Waals surface area contributed by atoms with Crippen molar-refractivity contribution < 1.29 is 24.2 Å². The molecule has 0 unspecified atom stereocenters. The number of anilines is 1. The first-order chi connectivity index (χ1) is 15.0. The van der Waals surface area contributed by atoms with Crippen molar-refractivity contribution in [2.24, 2.45) is 0 Å². The van der Waals surface area contributed by atoms with E-state index < -0.39 is 17.7 Å². The van der Waals surface area contributed by atoms with Crippen molar-refractivity contribution in [2.45, 2.75) is 6.04 Å². The van der Waals surface area contributed by atoms with Gasteiger partial charge < -0.3 is 14.6 Å². The van der Waals surface area contributed by atoms with E-state index in [0.717, 1.165) is 0 Å². The molecule has 3 heterocycles. The summed E-state index contributed by atoms with van der Waals surface area (Å²) in [7, 11) is 0. The van der Waals surface area contributed by atoms with Gasteiger partial charge in [-0.1, -0.05) is 17.7 Å². The van der Waals surface area contributed by atoms with Gasteiger partial charge in [0.2, 0.25) is 6.79 Å². The van der Waals surface area contributed by atoms with E-state index in [1.54, 1.807) is 60.8 Å². The van der Waals surface area contributed by atoms with E-state index in [-0.39, 0.29) is 18.1 Å². The number of ether oxygens (including phenoxy) is 2. The van der Waals surface area contributed by atoms with Crippen molar-refractivity contribution in [2.75, 3.05) is 11.7 Å². The number of halogens is 1. The van der Waals surface area contributed by atoms with Crippen LogP contribution in [0.2, 0.25) is 5.02 Å². The lowest BCUT2D eigenvalue weighted by atomic mass is 9.95. The van der Waals surface area contributed by atoms with E-state index in [4.69, 9.17) is 21.1 Å². The molecule has 2 aliphatic heterocycles. The van der Waals surface area contributed by atoms with Gasteiger partial charge in [-0.2, -0.15) is 0 Å². The molecule has 1 saturated heterocycles. The topological polar surface area (TPSA) is 89.0 Å². The van der Waals surface area contributed by atoms with Gasteiger partial charge in [0.25, 0.3) is 11.7 Å². The van der Waals surface area contributed by atoms with Crippen LogP contribution in [-0.2, 0) is 9.59 Å². The van der Waals surface area contributed by atoms with Crippen LogP contribution in [0.3, 0.4) is 0 Å². The van der Waals surface area contributed by atoms with Crippen molar-refractivity contribution in [3.8, 4) is 11.5 Å². The van der Waals surface area contributed by atoms with Crippen LogP contribution in [0.1, 0.15) is 17.2 Å². The minimum Gasteiger partial charge on any atom is -0.507 e. The number of aliphatic hydroxyl groups excluding tert-OH is 1. The van der Waals surface area contributed by atoms with Crippen LogP contribution in [0.4, 0.5) is 5.69 Å². The van der Waals surface area contributed by atoms with Crippen LogP contribution >= 0.6 is 11.6 Å². The lowest BCUT2D eigenvalue weighted by Crippen LogP contribution is -2.29. The fraction of sp³-hybridized carbons (Fsp3) is 0.0870. The monoisotopic (exact) mass is 434 g/mol. The van der Waals surface area contributed by atoms with Crippen molar-refractivity contribution in [1.82, 2.24) is 4.98 Å². The van der Waals surface area contributed by atoms with Crippen molar-refractivity contribution in [3.05, 3.63) is 88.7 Å². The number of hydrogen-bond donors (Lipinski definition) is 1. The predicted molar refractivity (Wildman–Crippen MR) is 113 cm³/mol. The molecule has 0 radical (unpaired) electrons. The smallest absolute Gasteiger partial charge is 0.300 e. The third kappa shape index (κ3) is 3.19. The van der Waals surface area contributed by atoms with Crippen molar-refractivity contribution >= 4 is 34.7 Å². The Morgan fingerprint density at radius 3 is 2.58 bits per heavy atom. The number of Topliss-reactive ketones (excluding diaryl/α,β-unsaturated/α-hetero) is 1. The first-order valence-corrected chi connectivity index (χ1v) is 9.79. The highest BCUT2D eigenvalue weighted by Gasteiger charge is 2.47. The number of carbonyl (C=O) groups is 2. The normalized spacial score (nSPS) is 19.1. The van der Waals surface area contributed by atoms with Gasteiger partial charge in [0.05, 0.1) is 23.5 Å². The van der Waals surface area contributed by atoms with Crippen molar-refractivity contribution in [1.29, 1.82) is 0 Å². The number of aromatic nitrogens is 1. The quantitative estimate of drug-likeness (QED) is 0.379. The Morgan fingerprint density at radius 1 is 1.06 bits per heavy atom. The molecule has 5 rings (SSSR count). The lowest BCUT2D eigenvalue weighted by molar-refractivity contribution is -0.132. The summed E-state index contributed by atoms with van der Waals surface area (Å²) in [4.78, 5) is 31.5. The number of ketones is 1. The molecule has 8 heteroatoms. The lowest BCUT2D eigenvalue weighted by Gasteiger charge is -2.25. The Hall–Kier alpha value is -3.84. The van der Waals surface area contributed by atoms with E-state index in [2.05, 4.69) is 4.98 Å². The molecule has 1 amide bonds. The molecule has 0 spiro atoms. The molecule has 1 atom stereocenters. The van der Waals surface area contributed by atoms with Gasteiger partial charge in [0.15, 0.2) is 11.5 Å². The van der Waals surface area contributed by atoms with Crippen LogP contribution in [0.15, 0.2) is 72.6 Å². The Bertz CT molecular complexity index is 1220. The Labute approximate surface area is 182 Å². The highest BCUT2D eigenvalue weighted by Crippen LogP contribution is 2.44. The summed E-state index contributed by atoms with van der Waals surface area (Å²) < 4.78 is 10.8. The number of amides is 1. The second-order valence-corrected chi connectivity index (χ2v) is 7.44. The van der Waals surface area contributed by atoms with Gasteiger partial charge in [0.1, 0.15) is 5.76 Å². The summed E-state index contributed by atoms with van der Waals surface area (Å²) in [6.07, 6.45) is 3.07. The minimum absolute atomic E-state index is 0.0324. The molecule has 7 nitrogen and oxygen atoms in total. The molecule has 1 fully saturated rings. The number of rotatable bonds is 3. The van der Waals surface area contributed by atoms with Gasteiger partial charge in [-0.05, 0) is 54.1 Å². The second kappa shape index (κ2) is 7.45. The third-order valence-electron chi connectivity index (χ3n) is 5.20. The molecule has 3 aromatic rings. The highest BCUT2D eigenvalue weighted by atomic mass is 35.5. The molecule has 0 aliphatic carbocycles. The van der Waals surface area contributed by atoms with Crippen LogP contribution in [0, 0.1) is 0 Å². The van der Waals surface area contributed by atoms with Crippen LogP contribution in [-0.4, -0.2) is 28.6 Å². The first kappa shape index (κ1) is 19.1. The van der Waals surface area contributed by atoms with Gasteiger partial charge in [-0.3, -0.25) is 19.5 Å². The molecule has 1 aromatic heterocycles. The average Bonchev–Trinajstić information content (AvgIpc) is 3.36. The number of aliphatic hydroxyl groups is 1. The zero-order chi connectivity index (χ0) is 21.5. The number of fused-ring (bicyclic) bond motifs is 1. The third-order valence-corrected chi connectivity index (χ3v) is 5.45. The first-order valence-electron chi connectivity index (χ1n) is 9.41. The second-order valence-electron chi connectivity index (χ2n) is 7.00. The Morgan fingerprint density at radius 2 is 1.84 bits per heavy atom. The summed E-state index contributed by atoms with van der Waals surface area (Å²) in [5.74, 6) is -0.769. The van der Waals surface area contributed by atoms with Crippen LogP contribution in [0.25, 0.3) is 5.76 Å². The molecule has 2 aliphatic rings.